The van der Waals surface area contributed by atoms with Crippen LogP contribution in [0.25, 0.3) is 0 Å². The minimum atomic E-state index is -0.460. The zero-order valence-electron chi connectivity index (χ0n) is 7.89. The molecule has 2 amide bonds. The topological polar surface area (TPSA) is 55.1 Å². The number of nitrogens with one attached hydrogen (secondary N) is 1. The third-order valence-electron chi connectivity index (χ3n) is 3.29. The van der Waals surface area contributed by atoms with Gasteiger partial charge in [-0.2, -0.15) is 0 Å². The molecule has 1 aromatic carbocycles. The number of nitrogens with two attached hydrogens (primary N) is 1. The summed E-state index contributed by atoms with van der Waals surface area (Å²) in [5.41, 5.74) is 11.8. The predicted molar refractivity (Wildman–Crippen MR) is 54.5 cm³/mol. The fourth-order valence-electron chi connectivity index (χ4n) is 2.41. The summed E-state index contributed by atoms with van der Waals surface area (Å²) in [5, 5.41) is 2.71. The molecule has 0 saturated heterocycles. The van der Waals surface area contributed by atoms with Crippen molar-refractivity contribution in [2.24, 2.45) is 5.73 Å². The molecule has 1 aromatic rings. The Kier molecular flexibility index (Phi) is 1.40. The third-order valence-corrected chi connectivity index (χ3v) is 3.29. The van der Waals surface area contributed by atoms with E-state index in [4.69, 9.17) is 5.73 Å². The number of benzene rings is 1. The van der Waals surface area contributed by atoms with Crippen LogP contribution in [0.2, 0.25) is 0 Å². The highest BCUT2D eigenvalue weighted by Gasteiger charge is 2.27. The van der Waals surface area contributed by atoms with E-state index in [0.717, 1.165) is 18.5 Å². The van der Waals surface area contributed by atoms with Gasteiger partial charge in [-0.05, 0) is 54.0 Å². The first-order valence-corrected chi connectivity index (χ1v) is 4.98. The molecule has 0 bridgehead atoms. The quantitative estimate of drug-likeness (QED) is 0.687. The number of rotatable bonds is 1. The number of hydrogen-bond donors (Lipinski definition) is 2. The van der Waals surface area contributed by atoms with Crippen molar-refractivity contribution < 1.29 is 4.79 Å². The van der Waals surface area contributed by atoms with Gasteiger partial charge in [-0.3, -0.25) is 0 Å². The molecule has 0 unspecified atom stereocenters. The largest absolute Gasteiger partial charge is 0.351 e. The van der Waals surface area contributed by atoms with Crippen molar-refractivity contribution in [3.8, 4) is 0 Å². The average molecular weight is 188 g/mol. The van der Waals surface area contributed by atoms with Crippen LogP contribution in [-0.4, -0.2) is 6.03 Å². The van der Waals surface area contributed by atoms with Gasteiger partial charge in [0, 0.05) is 5.69 Å². The lowest BCUT2D eigenvalue weighted by Gasteiger charge is -2.32. The smallest absolute Gasteiger partial charge is 0.316 e. The first kappa shape index (κ1) is 7.85. The van der Waals surface area contributed by atoms with E-state index < -0.39 is 6.03 Å². The van der Waals surface area contributed by atoms with Crippen LogP contribution in [0, 0.1) is 0 Å². The lowest BCUT2D eigenvalue weighted by molar-refractivity contribution is 0.259. The van der Waals surface area contributed by atoms with Gasteiger partial charge in [0.2, 0.25) is 0 Å². The Hall–Kier alpha value is -1.51. The van der Waals surface area contributed by atoms with Crippen LogP contribution in [0.5, 0.6) is 0 Å². The molecule has 0 aliphatic heterocycles. The van der Waals surface area contributed by atoms with Crippen molar-refractivity contribution >= 4 is 11.7 Å². The molecule has 0 saturated carbocycles. The van der Waals surface area contributed by atoms with Crippen LogP contribution < -0.4 is 11.1 Å². The second-order valence-corrected chi connectivity index (χ2v) is 4.01. The van der Waals surface area contributed by atoms with Gasteiger partial charge >= 0.3 is 6.03 Å². The summed E-state index contributed by atoms with van der Waals surface area (Å²) in [5.74, 6) is 0. The van der Waals surface area contributed by atoms with Gasteiger partial charge in [0.05, 0.1) is 0 Å². The number of primary amides is 1. The van der Waals surface area contributed by atoms with E-state index in [-0.39, 0.29) is 0 Å². The number of hydrogen-bond acceptors (Lipinski definition) is 1. The highest BCUT2D eigenvalue weighted by Crippen LogP contribution is 2.40. The second kappa shape index (κ2) is 2.50. The molecular formula is C11H12N2O. The molecule has 2 aliphatic rings. The van der Waals surface area contributed by atoms with Gasteiger partial charge in [0.1, 0.15) is 0 Å². The predicted octanol–water partition coefficient (Wildman–Crippen LogP) is 1.37. The maximum absolute atomic E-state index is 10.8. The molecular weight excluding hydrogens is 176 g/mol. The highest BCUT2D eigenvalue weighted by molar-refractivity contribution is 5.90. The summed E-state index contributed by atoms with van der Waals surface area (Å²) in [6, 6.07) is 1.63. The molecule has 72 valence electrons. The van der Waals surface area contributed by atoms with Crippen LogP contribution in [0.15, 0.2) is 6.07 Å². The summed E-state index contributed by atoms with van der Waals surface area (Å²) in [6.07, 6.45) is 4.62. The van der Waals surface area contributed by atoms with Gasteiger partial charge in [-0.1, -0.05) is 0 Å². The maximum atomic E-state index is 10.8. The SMILES string of the molecule is NC(=O)Nc1cc2c(c3c1CC3)CC2. The average Bonchev–Trinajstić information content (AvgIpc) is 2.02. The Balaban J connectivity index is 2.08. The van der Waals surface area contributed by atoms with Crippen LogP contribution in [-0.2, 0) is 25.7 Å². The Bertz CT molecular complexity index is 437. The Labute approximate surface area is 82.3 Å². The minimum Gasteiger partial charge on any atom is -0.351 e. The van der Waals surface area contributed by atoms with E-state index in [1.807, 2.05) is 0 Å². The van der Waals surface area contributed by atoms with Gasteiger partial charge in [0.25, 0.3) is 0 Å². The zero-order chi connectivity index (χ0) is 9.71. The lowest BCUT2D eigenvalue weighted by Crippen LogP contribution is -2.26. The van der Waals surface area contributed by atoms with E-state index >= 15 is 0 Å². The van der Waals surface area contributed by atoms with Crippen molar-refractivity contribution in [3.05, 3.63) is 28.3 Å². The van der Waals surface area contributed by atoms with Gasteiger partial charge in [-0.25, -0.2) is 4.79 Å². The van der Waals surface area contributed by atoms with Crippen LogP contribution in [0.3, 0.4) is 0 Å². The van der Waals surface area contributed by atoms with Gasteiger partial charge < -0.3 is 11.1 Å². The molecule has 2 aliphatic carbocycles. The zero-order valence-corrected chi connectivity index (χ0v) is 7.89. The van der Waals surface area contributed by atoms with Crippen LogP contribution in [0.1, 0.15) is 22.3 Å². The van der Waals surface area contributed by atoms with Crippen molar-refractivity contribution in [1.82, 2.24) is 0 Å². The van der Waals surface area contributed by atoms with Crippen molar-refractivity contribution in [2.75, 3.05) is 5.32 Å². The number of anilines is 1. The fourth-order valence-corrected chi connectivity index (χ4v) is 2.41. The van der Waals surface area contributed by atoms with Crippen LogP contribution in [0.4, 0.5) is 10.5 Å². The van der Waals surface area contributed by atoms with E-state index in [1.54, 1.807) is 0 Å². The van der Waals surface area contributed by atoms with E-state index in [9.17, 15) is 4.79 Å². The van der Waals surface area contributed by atoms with Crippen molar-refractivity contribution in [2.45, 2.75) is 25.7 Å². The Morgan fingerprint density at radius 1 is 1.14 bits per heavy atom. The van der Waals surface area contributed by atoms with Gasteiger partial charge in [0.15, 0.2) is 0 Å². The standard InChI is InChI=1S/C11H12N2O/c12-11(14)13-10-5-6-1-2-7(6)8-3-4-9(8)10/h5H,1-4H2,(H3,12,13,14). The fraction of sp³-hybridized carbons (Fsp3) is 0.364. The number of carbonyl (C=O) groups is 1. The maximum Gasteiger partial charge on any atom is 0.316 e. The summed E-state index contributed by atoms with van der Waals surface area (Å²) < 4.78 is 0. The van der Waals surface area contributed by atoms with E-state index in [2.05, 4.69) is 11.4 Å². The first-order chi connectivity index (χ1) is 6.75. The highest BCUT2D eigenvalue weighted by atomic mass is 16.2. The van der Waals surface area contributed by atoms with Crippen molar-refractivity contribution in [3.63, 3.8) is 0 Å². The molecule has 3 nitrogen and oxygen atoms in total. The molecule has 3 heteroatoms. The Morgan fingerprint density at radius 2 is 1.86 bits per heavy atom. The summed E-state index contributed by atoms with van der Waals surface area (Å²) in [7, 11) is 0. The molecule has 3 rings (SSSR count). The summed E-state index contributed by atoms with van der Waals surface area (Å²) in [6.45, 7) is 0. The Morgan fingerprint density at radius 3 is 2.36 bits per heavy atom. The first-order valence-electron chi connectivity index (χ1n) is 4.98. The molecule has 0 heterocycles. The minimum absolute atomic E-state index is 0.460. The van der Waals surface area contributed by atoms with E-state index in [0.29, 0.717) is 0 Å². The third kappa shape index (κ3) is 0.895. The van der Waals surface area contributed by atoms with Crippen molar-refractivity contribution in [1.29, 1.82) is 0 Å². The monoisotopic (exact) mass is 188 g/mol. The number of fused-ring (bicyclic) bond motifs is 3. The lowest BCUT2D eigenvalue weighted by atomic mass is 9.74. The second-order valence-electron chi connectivity index (χ2n) is 4.01. The number of amides is 2. The molecule has 14 heavy (non-hydrogen) atoms. The molecule has 3 N–H and O–H groups in total. The molecule has 0 fully saturated rings. The molecule has 0 aromatic heterocycles. The molecule has 0 atom stereocenters. The van der Waals surface area contributed by atoms with Crippen LogP contribution >= 0.6 is 0 Å². The number of carbonyl (C=O) groups excluding carboxylic acids is 1. The summed E-state index contributed by atoms with van der Waals surface area (Å²) >= 11 is 0. The molecule has 0 spiro atoms. The normalized spacial score (nSPS) is 16.0. The number of urea groups is 1. The van der Waals surface area contributed by atoms with Gasteiger partial charge in [-0.15, -0.1) is 0 Å². The van der Waals surface area contributed by atoms with E-state index in [1.165, 1.54) is 35.1 Å². The molecule has 0 radical (unpaired) electrons. The number of aryl methyl sites for hydroxylation is 1. The summed E-state index contributed by atoms with van der Waals surface area (Å²) in [4.78, 5) is 10.8.